The Bertz CT molecular complexity index is 196. The van der Waals surface area contributed by atoms with Gasteiger partial charge in [-0.2, -0.15) is 0 Å². The smallest absolute Gasteiger partial charge is 0.103 e. The molecule has 0 radical (unpaired) electrons. The quantitative estimate of drug-likeness (QED) is 0.537. The standard InChI is InChI=1S/C7H8.C2H2O/c1-7-5-3-2-4-6-7;1-2-3/h2-6H,1H3;1,3H. The van der Waals surface area contributed by atoms with Crippen LogP contribution in [0.2, 0.25) is 0 Å². The van der Waals surface area contributed by atoms with Crippen LogP contribution in [-0.4, -0.2) is 5.11 Å². The van der Waals surface area contributed by atoms with Gasteiger partial charge in [0.25, 0.3) is 0 Å². The van der Waals surface area contributed by atoms with Crippen LogP contribution < -0.4 is 0 Å². The molecule has 0 heterocycles. The third-order valence-corrected chi connectivity index (χ3v) is 0.940. The van der Waals surface area contributed by atoms with E-state index in [-0.39, 0.29) is 0 Å². The van der Waals surface area contributed by atoms with Crippen LogP contribution in [0.4, 0.5) is 0 Å². The highest BCUT2D eigenvalue weighted by molar-refractivity contribution is 5.11. The Hall–Kier alpha value is -1.42. The summed E-state index contributed by atoms with van der Waals surface area (Å²) in [5.74, 6) is 0. The van der Waals surface area contributed by atoms with Gasteiger partial charge < -0.3 is 5.11 Å². The summed E-state index contributed by atoms with van der Waals surface area (Å²) >= 11 is 0. The summed E-state index contributed by atoms with van der Waals surface area (Å²) < 4.78 is 0. The summed E-state index contributed by atoms with van der Waals surface area (Å²) in [6, 6.07) is 10.3. The monoisotopic (exact) mass is 134 g/mol. The first-order chi connectivity index (χ1) is 4.81. The third-order valence-electron chi connectivity index (χ3n) is 0.940. The number of benzene rings is 1. The lowest BCUT2D eigenvalue weighted by Crippen LogP contribution is -1.62. The molecular weight excluding hydrogens is 124 g/mol. The molecule has 1 heteroatoms. The van der Waals surface area contributed by atoms with Gasteiger partial charge in [0.1, 0.15) is 6.11 Å². The maximum absolute atomic E-state index is 7.10. The first kappa shape index (κ1) is 8.58. The predicted molar refractivity (Wildman–Crippen MR) is 41.9 cm³/mol. The van der Waals surface area contributed by atoms with E-state index in [0.29, 0.717) is 0 Å². The van der Waals surface area contributed by atoms with Crippen LogP contribution in [0.25, 0.3) is 0 Å². The highest BCUT2D eigenvalue weighted by Gasteiger charge is 1.72. The van der Waals surface area contributed by atoms with Crippen LogP contribution in [0.5, 0.6) is 0 Å². The molecule has 0 aliphatic rings. The lowest BCUT2D eigenvalue weighted by atomic mass is 10.2. The van der Waals surface area contributed by atoms with E-state index in [1.165, 1.54) is 11.7 Å². The number of aliphatic hydroxyl groups excluding tert-OH is 1. The maximum atomic E-state index is 7.10. The summed E-state index contributed by atoms with van der Waals surface area (Å²) in [5.41, 5.74) is 1.32. The Morgan fingerprint density at radius 3 is 1.90 bits per heavy atom. The van der Waals surface area contributed by atoms with Crippen molar-refractivity contribution in [2.75, 3.05) is 0 Å². The van der Waals surface area contributed by atoms with Gasteiger partial charge in [-0.05, 0) is 6.92 Å². The van der Waals surface area contributed by atoms with Crippen LogP contribution in [0.15, 0.2) is 30.3 Å². The highest BCUT2D eigenvalue weighted by Crippen LogP contribution is 1.92. The lowest BCUT2D eigenvalue weighted by Gasteiger charge is -1.82. The van der Waals surface area contributed by atoms with Crippen LogP contribution in [0.3, 0.4) is 0 Å². The molecule has 1 aromatic rings. The van der Waals surface area contributed by atoms with E-state index < -0.39 is 0 Å². The zero-order chi connectivity index (χ0) is 7.82. The first-order valence-corrected chi connectivity index (χ1v) is 2.92. The fraction of sp³-hybridized carbons (Fsp3) is 0.111. The van der Waals surface area contributed by atoms with E-state index in [2.05, 4.69) is 25.5 Å². The molecule has 1 aromatic carbocycles. The van der Waals surface area contributed by atoms with Gasteiger partial charge in [0.05, 0.1) is 0 Å². The molecular formula is C9H10O. The van der Waals surface area contributed by atoms with Crippen molar-refractivity contribution in [1.29, 1.82) is 0 Å². The van der Waals surface area contributed by atoms with Crippen molar-refractivity contribution in [2.45, 2.75) is 6.92 Å². The molecule has 0 saturated heterocycles. The van der Waals surface area contributed by atoms with Gasteiger partial charge >= 0.3 is 0 Å². The fourth-order valence-corrected chi connectivity index (χ4v) is 0.534. The van der Waals surface area contributed by atoms with E-state index in [1.807, 2.05) is 18.2 Å². The van der Waals surface area contributed by atoms with Crippen molar-refractivity contribution in [3.63, 3.8) is 0 Å². The molecule has 0 amide bonds. The van der Waals surface area contributed by atoms with E-state index in [0.717, 1.165) is 0 Å². The van der Waals surface area contributed by atoms with Gasteiger partial charge in [0.15, 0.2) is 0 Å². The van der Waals surface area contributed by atoms with Crippen LogP contribution in [-0.2, 0) is 0 Å². The molecule has 0 spiro atoms. The molecule has 0 atom stereocenters. The number of terminal acetylenes is 1. The molecule has 0 unspecified atom stereocenters. The predicted octanol–water partition coefficient (Wildman–Crippen LogP) is 1.94. The Morgan fingerprint density at radius 2 is 1.70 bits per heavy atom. The van der Waals surface area contributed by atoms with Crippen LogP contribution in [0, 0.1) is 19.5 Å². The Balaban J connectivity index is 0.000000236. The largest absolute Gasteiger partial charge is 0.462 e. The number of aliphatic hydroxyl groups is 1. The topological polar surface area (TPSA) is 20.2 Å². The fourth-order valence-electron chi connectivity index (χ4n) is 0.534. The first-order valence-electron chi connectivity index (χ1n) is 2.92. The molecule has 52 valence electrons. The zero-order valence-electron chi connectivity index (χ0n) is 5.91. The SMILES string of the molecule is C#CO.Cc1ccccc1. The van der Waals surface area contributed by atoms with Gasteiger partial charge in [0.2, 0.25) is 0 Å². The van der Waals surface area contributed by atoms with Crippen molar-refractivity contribution in [3.05, 3.63) is 35.9 Å². The molecule has 0 aliphatic carbocycles. The summed E-state index contributed by atoms with van der Waals surface area (Å²) in [7, 11) is 0. The molecule has 1 nitrogen and oxygen atoms in total. The second-order valence-corrected chi connectivity index (χ2v) is 1.78. The lowest BCUT2D eigenvalue weighted by molar-refractivity contribution is 0.518. The molecule has 0 fully saturated rings. The number of aryl methyl sites for hydroxylation is 1. The second-order valence-electron chi connectivity index (χ2n) is 1.78. The molecule has 1 N–H and O–H groups in total. The molecule has 0 bridgehead atoms. The van der Waals surface area contributed by atoms with Crippen molar-refractivity contribution < 1.29 is 5.11 Å². The van der Waals surface area contributed by atoms with Crippen molar-refractivity contribution in [3.8, 4) is 12.5 Å². The molecule has 1 rings (SSSR count). The summed E-state index contributed by atoms with van der Waals surface area (Å²) in [4.78, 5) is 0. The zero-order valence-corrected chi connectivity index (χ0v) is 5.91. The minimum atomic E-state index is 1.25. The Labute approximate surface area is 61.3 Å². The van der Waals surface area contributed by atoms with Crippen molar-refractivity contribution in [2.24, 2.45) is 0 Å². The van der Waals surface area contributed by atoms with E-state index >= 15 is 0 Å². The van der Waals surface area contributed by atoms with Crippen molar-refractivity contribution >= 4 is 0 Å². The minimum Gasteiger partial charge on any atom is -0.462 e. The van der Waals surface area contributed by atoms with Gasteiger partial charge in [0, 0.05) is 0 Å². The van der Waals surface area contributed by atoms with Crippen LogP contribution in [0.1, 0.15) is 5.56 Å². The molecule has 0 aromatic heterocycles. The van der Waals surface area contributed by atoms with E-state index in [9.17, 15) is 0 Å². The average molecular weight is 134 g/mol. The normalized spacial score (nSPS) is 6.80. The Morgan fingerprint density at radius 1 is 1.30 bits per heavy atom. The van der Waals surface area contributed by atoms with E-state index in [4.69, 9.17) is 5.11 Å². The maximum Gasteiger partial charge on any atom is 0.103 e. The number of hydrogen-bond donors (Lipinski definition) is 1. The van der Waals surface area contributed by atoms with E-state index in [1.54, 1.807) is 0 Å². The third kappa shape index (κ3) is 4.73. The summed E-state index contributed by atoms with van der Waals surface area (Å²) in [5, 5.41) is 7.10. The summed E-state index contributed by atoms with van der Waals surface area (Å²) in [6.07, 6.45) is 5.40. The van der Waals surface area contributed by atoms with Gasteiger partial charge in [-0.15, -0.1) is 0 Å². The highest BCUT2D eigenvalue weighted by atomic mass is 16.2. The van der Waals surface area contributed by atoms with Gasteiger partial charge in [-0.1, -0.05) is 42.3 Å². The molecule has 0 aliphatic heterocycles. The second kappa shape index (κ2) is 5.71. The number of rotatable bonds is 0. The molecule has 0 saturated carbocycles. The Kier molecular flexibility index (Phi) is 4.90. The van der Waals surface area contributed by atoms with Crippen LogP contribution >= 0.6 is 0 Å². The van der Waals surface area contributed by atoms with Crippen molar-refractivity contribution in [1.82, 2.24) is 0 Å². The minimum absolute atomic E-state index is 1.25. The average Bonchev–Trinajstić information content (AvgIpc) is 1.91. The van der Waals surface area contributed by atoms with Gasteiger partial charge in [-0.25, -0.2) is 0 Å². The molecule has 10 heavy (non-hydrogen) atoms. The summed E-state index contributed by atoms with van der Waals surface area (Å²) in [6.45, 7) is 2.08. The van der Waals surface area contributed by atoms with Gasteiger partial charge in [-0.3, -0.25) is 0 Å². The number of hydrogen-bond acceptors (Lipinski definition) is 1.